The Morgan fingerprint density at radius 3 is 2.24 bits per heavy atom. The maximum absolute atomic E-state index is 5.46. The number of hydrogen-bond donors (Lipinski definition) is 0. The molecule has 0 amide bonds. The van der Waals surface area contributed by atoms with Crippen LogP contribution in [0.2, 0.25) is 0 Å². The van der Waals surface area contributed by atoms with Crippen LogP contribution in [0.5, 0.6) is 11.5 Å². The molecule has 1 aromatic carbocycles. The first-order chi connectivity index (χ1) is 8.17. The summed E-state index contributed by atoms with van der Waals surface area (Å²) in [5.41, 5.74) is 1.14. The molecule has 0 aliphatic carbocycles. The molecule has 0 saturated carbocycles. The first-order valence-electron chi connectivity index (χ1n) is 6.17. The van der Waals surface area contributed by atoms with E-state index in [0.717, 1.165) is 17.2 Å². The van der Waals surface area contributed by atoms with Gasteiger partial charge in [0.2, 0.25) is 0 Å². The molecular formula is C14H21NO2. The van der Waals surface area contributed by atoms with Crippen LogP contribution in [-0.4, -0.2) is 26.3 Å². The molecule has 0 radical (unpaired) electrons. The van der Waals surface area contributed by atoms with E-state index in [1.54, 1.807) is 14.2 Å². The van der Waals surface area contributed by atoms with Crippen LogP contribution in [0.1, 0.15) is 26.7 Å². The Labute approximate surface area is 103 Å². The second-order valence-electron chi connectivity index (χ2n) is 4.72. The fourth-order valence-electron chi connectivity index (χ4n) is 2.67. The molecule has 2 unspecified atom stereocenters. The first kappa shape index (κ1) is 12.1. The van der Waals surface area contributed by atoms with Crippen LogP contribution in [0.3, 0.4) is 0 Å². The predicted molar refractivity (Wildman–Crippen MR) is 70.2 cm³/mol. The van der Waals surface area contributed by atoms with Gasteiger partial charge in [0.15, 0.2) is 0 Å². The minimum Gasteiger partial charge on any atom is -0.497 e. The summed E-state index contributed by atoms with van der Waals surface area (Å²) < 4.78 is 10.8. The molecule has 2 atom stereocenters. The molecule has 1 aromatic rings. The highest BCUT2D eigenvalue weighted by atomic mass is 16.5. The topological polar surface area (TPSA) is 21.7 Å². The van der Waals surface area contributed by atoms with E-state index in [9.17, 15) is 0 Å². The van der Waals surface area contributed by atoms with E-state index in [1.807, 2.05) is 12.1 Å². The van der Waals surface area contributed by atoms with E-state index in [0.29, 0.717) is 12.1 Å². The van der Waals surface area contributed by atoms with Crippen LogP contribution in [0.4, 0.5) is 5.69 Å². The number of anilines is 1. The molecule has 17 heavy (non-hydrogen) atoms. The highest BCUT2D eigenvalue weighted by Gasteiger charge is 2.29. The second kappa shape index (κ2) is 4.86. The molecule has 3 heteroatoms. The number of rotatable bonds is 3. The maximum atomic E-state index is 5.46. The lowest BCUT2D eigenvalue weighted by Gasteiger charge is -2.30. The van der Waals surface area contributed by atoms with Crippen molar-refractivity contribution in [3.8, 4) is 11.5 Å². The molecule has 0 N–H and O–H groups in total. The molecule has 1 aliphatic rings. The lowest BCUT2D eigenvalue weighted by molar-refractivity contribution is 0.402. The number of hydrogen-bond acceptors (Lipinski definition) is 3. The molecule has 0 aromatic heterocycles. The van der Waals surface area contributed by atoms with Gasteiger partial charge in [0.1, 0.15) is 11.5 Å². The number of nitrogens with zero attached hydrogens (tertiary/aromatic N) is 1. The van der Waals surface area contributed by atoms with Crippen molar-refractivity contribution < 1.29 is 9.47 Å². The Morgan fingerprint density at radius 1 is 1.06 bits per heavy atom. The molecule has 3 nitrogen and oxygen atoms in total. The van der Waals surface area contributed by atoms with Crippen LogP contribution in [-0.2, 0) is 0 Å². The Morgan fingerprint density at radius 2 is 1.71 bits per heavy atom. The molecule has 1 fully saturated rings. The van der Waals surface area contributed by atoms with Gasteiger partial charge in [0.25, 0.3) is 0 Å². The molecule has 0 spiro atoms. The zero-order valence-corrected chi connectivity index (χ0v) is 11.1. The Balaban J connectivity index is 2.41. The maximum Gasteiger partial charge on any atom is 0.142 e. The van der Waals surface area contributed by atoms with Gasteiger partial charge in [0, 0.05) is 18.2 Å². The lowest BCUT2D eigenvalue weighted by atomic mass is 10.2. The molecule has 1 heterocycles. The average Bonchev–Trinajstić information content (AvgIpc) is 2.68. The van der Waals surface area contributed by atoms with Crippen molar-refractivity contribution in [2.24, 2.45) is 0 Å². The minimum absolute atomic E-state index is 0.561. The summed E-state index contributed by atoms with van der Waals surface area (Å²) >= 11 is 0. The molecule has 2 rings (SSSR count). The molecule has 0 bridgehead atoms. The van der Waals surface area contributed by atoms with E-state index < -0.39 is 0 Å². The Bertz CT molecular complexity index is 382. The predicted octanol–water partition coefficient (Wildman–Crippen LogP) is 3.08. The molecule has 1 aliphatic heterocycles. The van der Waals surface area contributed by atoms with Gasteiger partial charge in [-0.25, -0.2) is 0 Å². The van der Waals surface area contributed by atoms with Crippen LogP contribution < -0.4 is 14.4 Å². The first-order valence-corrected chi connectivity index (χ1v) is 6.17. The largest absolute Gasteiger partial charge is 0.497 e. The van der Waals surface area contributed by atoms with Gasteiger partial charge in [-0.2, -0.15) is 0 Å². The third-order valence-electron chi connectivity index (χ3n) is 3.62. The van der Waals surface area contributed by atoms with Gasteiger partial charge in [-0.05, 0) is 38.8 Å². The van der Waals surface area contributed by atoms with Crippen molar-refractivity contribution in [1.82, 2.24) is 0 Å². The van der Waals surface area contributed by atoms with Crippen molar-refractivity contribution in [3.05, 3.63) is 18.2 Å². The van der Waals surface area contributed by atoms with Crippen LogP contribution >= 0.6 is 0 Å². The second-order valence-corrected chi connectivity index (χ2v) is 4.72. The Hall–Kier alpha value is -1.38. The lowest BCUT2D eigenvalue weighted by Crippen LogP contribution is -2.32. The van der Waals surface area contributed by atoms with Crippen molar-refractivity contribution >= 4 is 5.69 Å². The zero-order valence-electron chi connectivity index (χ0n) is 11.1. The van der Waals surface area contributed by atoms with Gasteiger partial charge in [-0.1, -0.05) is 0 Å². The highest BCUT2D eigenvalue weighted by molar-refractivity contribution is 5.63. The highest BCUT2D eigenvalue weighted by Crippen LogP contribution is 2.38. The van der Waals surface area contributed by atoms with Gasteiger partial charge >= 0.3 is 0 Å². The van der Waals surface area contributed by atoms with Crippen molar-refractivity contribution in [2.75, 3.05) is 19.1 Å². The zero-order chi connectivity index (χ0) is 12.4. The number of methoxy groups -OCH3 is 2. The van der Waals surface area contributed by atoms with Crippen LogP contribution in [0.15, 0.2) is 18.2 Å². The summed E-state index contributed by atoms with van der Waals surface area (Å²) in [6, 6.07) is 7.11. The van der Waals surface area contributed by atoms with Crippen LogP contribution in [0.25, 0.3) is 0 Å². The average molecular weight is 235 g/mol. The SMILES string of the molecule is COc1ccc(OC)c(N2C(C)CCC2C)c1. The summed E-state index contributed by atoms with van der Waals surface area (Å²) in [5, 5.41) is 0. The van der Waals surface area contributed by atoms with Crippen molar-refractivity contribution in [1.29, 1.82) is 0 Å². The number of ether oxygens (including phenoxy) is 2. The monoisotopic (exact) mass is 235 g/mol. The van der Waals surface area contributed by atoms with Crippen LogP contribution in [0, 0.1) is 0 Å². The molecule has 94 valence electrons. The molecule has 1 saturated heterocycles. The third-order valence-corrected chi connectivity index (χ3v) is 3.62. The standard InChI is InChI=1S/C14H21NO2/c1-10-5-6-11(2)15(10)13-9-12(16-3)7-8-14(13)17-4/h7-11H,5-6H2,1-4H3. The third kappa shape index (κ3) is 2.19. The van der Waals surface area contributed by atoms with E-state index in [1.165, 1.54) is 12.8 Å². The molecular weight excluding hydrogens is 214 g/mol. The minimum atomic E-state index is 0.561. The number of benzene rings is 1. The van der Waals surface area contributed by atoms with E-state index >= 15 is 0 Å². The van der Waals surface area contributed by atoms with Gasteiger partial charge in [-0.15, -0.1) is 0 Å². The summed E-state index contributed by atoms with van der Waals surface area (Å²) in [7, 11) is 3.42. The normalized spacial score (nSPS) is 23.9. The smallest absolute Gasteiger partial charge is 0.142 e. The van der Waals surface area contributed by atoms with E-state index in [-0.39, 0.29) is 0 Å². The van der Waals surface area contributed by atoms with Crippen molar-refractivity contribution in [3.63, 3.8) is 0 Å². The fraction of sp³-hybridized carbons (Fsp3) is 0.571. The quantitative estimate of drug-likeness (QED) is 0.803. The van der Waals surface area contributed by atoms with E-state index in [2.05, 4.69) is 24.8 Å². The fourth-order valence-corrected chi connectivity index (χ4v) is 2.67. The van der Waals surface area contributed by atoms with Gasteiger partial charge < -0.3 is 14.4 Å². The summed E-state index contributed by atoms with van der Waals surface area (Å²) in [5.74, 6) is 1.80. The van der Waals surface area contributed by atoms with E-state index in [4.69, 9.17) is 9.47 Å². The van der Waals surface area contributed by atoms with Gasteiger partial charge in [0.05, 0.1) is 19.9 Å². The Kier molecular flexibility index (Phi) is 3.46. The van der Waals surface area contributed by atoms with Crippen molar-refractivity contribution in [2.45, 2.75) is 38.8 Å². The summed E-state index contributed by atoms with van der Waals surface area (Å²) in [4.78, 5) is 2.43. The summed E-state index contributed by atoms with van der Waals surface area (Å²) in [6.45, 7) is 4.53. The summed E-state index contributed by atoms with van der Waals surface area (Å²) in [6.07, 6.45) is 2.48. The van der Waals surface area contributed by atoms with Gasteiger partial charge in [-0.3, -0.25) is 0 Å².